The molecule has 2 aromatic carbocycles. The van der Waals surface area contributed by atoms with Crippen LogP contribution < -0.4 is 4.74 Å². The number of hydrogen-bond acceptors (Lipinski definition) is 2. The molecule has 0 saturated carbocycles. The molecule has 0 radical (unpaired) electrons. The molecule has 2 nitrogen and oxygen atoms in total. The predicted octanol–water partition coefficient (Wildman–Crippen LogP) is 3.90. The summed E-state index contributed by atoms with van der Waals surface area (Å²) in [6.07, 6.45) is 0. The summed E-state index contributed by atoms with van der Waals surface area (Å²) < 4.78 is 6.39. The van der Waals surface area contributed by atoms with Gasteiger partial charge in [0.1, 0.15) is 18.4 Å². The zero-order valence-corrected chi connectivity index (χ0v) is 10.6. The van der Waals surface area contributed by atoms with Gasteiger partial charge in [-0.25, -0.2) is 0 Å². The summed E-state index contributed by atoms with van der Waals surface area (Å²) in [5.74, 6) is 0.750. The Hall–Kier alpha value is -1.79. The SMILES string of the molecule is N#Cc1ccc(OCc2ccccc2)cc1Br. The molecule has 0 bridgehead atoms. The maximum atomic E-state index is 8.80. The predicted molar refractivity (Wildman–Crippen MR) is 69.6 cm³/mol. The first-order chi connectivity index (χ1) is 8.29. The lowest BCUT2D eigenvalue weighted by molar-refractivity contribution is 0.306. The molecule has 2 aromatic rings. The molecule has 0 aliphatic carbocycles. The Kier molecular flexibility index (Phi) is 3.79. The number of hydrogen-bond donors (Lipinski definition) is 0. The molecule has 0 aliphatic rings. The maximum Gasteiger partial charge on any atom is 0.121 e. The molecule has 0 saturated heterocycles. The summed E-state index contributed by atoms with van der Waals surface area (Å²) in [4.78, 5) is 0. The fourth-order valence-electron chi connectivity index (χ4n) is 1.42. The average Bonchev–Trinajstić information content (AvgIpc) is 2.38. The van der Waals surface area contributed by atoms with E-state index < -0.39 is 0 Å². The molecule has 0 spiro atoms. The van der Waals surface area contributed by atoms with Crippen LogP contribution >= 0.6 is 15.9 Å². The Morgan fingerprint density at radius 3 is 2.53 bits per heavy atom. The zero-order valence-electron chi connectivity index (χ0n) is 9.06. The number of ether oxygens (including phenoxy) is 1. The fraction of sp³-hybridized carbons (Fsp3) is 0.0714. The summed E-state index contributed by atoms with van der Waals surface area (Å²) in [5, 5.41) is 8.80. The molecule has 3 heteroatoms. The second kappa shape index (κ2) is 5.51. The second-order valence-corrected chi connectivity index (χ2v) is 4.38. The van der Waals surface area contributed by atoms with Crippen LogP contribution in [-0.2, 0) is 6.61 Å². The standard InChI is InChI=1S/C14H10BrNO/c15-14-8-13(7-6-12(14)9-16)17-10-11-4-2-1-3-5-11/h1-8H,10H2. The van der Waals surface area contributed by atoms with Gasteiger partial charge in [-0.2, -0.15) is 5.26 Å². The van der Waals surface area contributed by atoms with Crippen LogP contribution in [-0.4, -0.2) is 0 Å². The Balaban J connectivity index is 2.06. The normalized spacial score (nSPS) is 9.65. The van der Waals surface area contributed by atoms with E-state index >= 15 is 0 Å². The van der Waals surface area contributed by atoms with Crippen molar-refractivity contribution in [2.45, 2.75) is 6.61 Å². The Morgan fingerprint density at radius 2 is 1.88 bits per heavy atom. The molecule has 0 N–H and O–H groups in total. The number of rotatable bonds is 3. The van der Waals surface area contributed by atoms with Crippen LogP contribution in [0.5, 0.6) is 5.75 Å². The minimum Gasteiger partial charge on any atom is -0.489 e. The second-order valence-electron chi connectivity index (χ2n) is 3.53. The fourth-order valence-corrected chi connectivity index (χ4v) is 1.86. The van der Waals surface area contributed by atoms with Crippen LogP contribution in [0.1, 0.15) is 11.1 Å². The Bertz CT molecular complexity index is 546. The van der Waals surface area contributed by atoms with Gasteiger partial charge in [-0.3, -0.25) is 0 Å². The topological polar surface area (TPSA) is 33.0 Å². The van der Waals surface area contributed by atoms with Gasteiger partial charge in [-0.05, 0) is 39.7 Å². The van der Waals surface area contributed by atoms with Gasteiger partial charge in [0.25, 0.3) is 0 Å². The molecular weight excluding hydrogens is 278 g/mol. The van der Waals surface area contributed by atoms with Crippen LogP contribution in [0, 0.1) is 11.3 Å². The van der Waals surface area contributed by atoms with E-state index in [2.05, 4.69) is 22.0 Å². The zero-order chi connectivity index (χ0) is 12.1. The lowest BCUT2D eigenvalue weighted by atomic mass is 10.2. The third kappa shape index (κ3) is 3.08. The van der Waals surface area contributed by atoms with E-state index in [0.717, 1.165) is 15.8 Å². The monoisotopic (exact) mass is 287 g/mol. The van der Waals surface area contributed by atoms with Crippen molar-refractivity contribution in [3.05, 3.63) is 64.1 Å². The molecule has 0 unspecified atom stereocenters. The highest BCUT2D eigenvalue weighted by Gasteiger charge is 2.01. The van der Waals surface area contributed by atoms with E-state index in [9.17, 15) is 0 Å². The minimum atomic E-state index is 0.527. The molecule has 0 atom stereocenters. The van der Waals surface area contributed by atoms with Gasteiger partial charge in [-0.15, -0.1) is 0 Å². The smallest absolute Gasteiger partial charge is 0.121 e. The van der Waals surface area contributed by atoms with Gasteiger partial charge in [0.2, 0.25) is 0 Å². The van der Waals surface area contributed by atoms with Gasteiger partial charge in [0, 0.05) is 4.47 Å². The minimum absolute atomic E-state index is 0.527. The summed E-state index contributed by atoms with van der Waals surface area (Å²) in [5.41, 5.74) is 1.73. The van der Waals surface area contributed by atoms with Crippen LogP contribution in [0.25, 0.3) is 0 Å². The maximum absolute atomic E-state index is 8.80. The number of nitriles is 1. The van der Waals surface area contributed by atoms with Crippen molar-refractivity contribution in [2.75, 3.05) is 0 Å². The molecule has 0 aromatic heterocycles. The number of halogens is 1. The van der Waals surface area contributed by atoms with Crippen molar-refractivity contribution >= 4 is 15.9 Å². The van der Waals surface area contributed by atoms with Crippen LogP contribution in [0.3, 0.4) is 0 Å². The largest absolute Gasteiger partial charge is 0.489 e. The Labute approximate surface area is 109 Å². The van der Waals surface area contributed by atoms with E-state index in [1.54, 1.807) is 12.1 Å². The Morgan fingerprint density at radius 1 is 1.12 bits per heavy atom. The molecule has 2 rings (SSSR count). The van der Waals surface area contributed by atoms with Crippen LogP contribution in [0.4, 0.5) is 0 Å². The van der Waals surface area contributed by atoms with Crippen molar-refractivity contribution < 1.29 is 4.74 Å². The van der Waals surface area contributed by atoms with Gasteiger partial charge in [-0.1, -0.05) is 30.3 Å². The van der Waals surface area contributed by atoms with Gasteiger partial charge in [0.15, 0.2) is 0 Å². The first-order valence-corrected chi connectivity index (χ1v) is 5.95. The highest BCUT2D eigenvalue weighted by Crippen LogP contribution is 2.23. The van der Waals surface area contributed by atoms with Gasteiger partial charge in [0.05, 0.1) is 5.56 Å². The highest BCUT2D eigenvalue weighted by molar-refractivity contribution is 9.10. The van der Waals surface area contributed by atoms with Crippen molar-refractivity contribution in [3.8, 4) is 11.8 Å². The summed E-state index contributed by atoms with van der Waals surface area (Å²) >= 11 is 3.33. The molecule has 0 heterocycles. The summed E-state index contributed by atoms with van der Waals surface area (Å²) in [6.45, 7) is 0.527. The molecule has 0 fully saturated rings. The van der Waals surface area contributed by atoms with Crippen molar-refractivity contribution in [1.82, 2.24) is 0 Å². The lowest BCUT2D eigenvalue weighted by Crippen LogP contribution is -1.95. The van der Waals surface area contributed by atoms with E-state index in [-0.39, 0.29) is 0 Å². The molecular formula is C14H10BrNO. The van der Waals surface area contributed by atoms with Crippen molar-refractivity contribution in [2.24, 2.45) is 0 Å². The third-order valence-electron chi connectivity index (χ3n) is 2.31. The molecule has 0 aliphatic heterocycles. The van der Waals surface area contributed by atoms with E-state index in [1.165, 1.54) is 0 Å². The summed E-state index contributed by atoms with van der Waals surface area (Å²) in [6, 6.07) is 17.4. The molecule has 0 amide bonds. The summed E-state index contributed by atoms with van der Waals surface area (Å²) in [7, 11) is 0. The van der Waals surface area contributed by atoms with Crippen LogP contribution in [0.2, 0.25) is 0 Å². The van der Waals surface area contributed by atoms with Crippen LogP contribution in [0.15, 0.2) is 53.0 Å². The van der Waals surface area contributed by atoms with E-state index in [0.29, 0.717) is 12.2 Å². The van der Waals surface area contributed by atoms with Crippen molar-refractivity contribution in [3.63, 3.8) is 0 Å². The lowest BCUT2D eigenvalue weighted by Gasteiger charge is -2.07. The van der Waals surface area contributed by atoms with E-state index in [4.69, 9.17) is 10.00 Å². The van der Waals surface area contributed by atoms with E-state index in [1.807, 2.05) is 36.4 Å². The number of benzene rings is 2. The average molecular weight is 288 g/mol. The first kappa shape index (κ1) is 11.7. The number of nitrogens with zero attached hydrogens (tertiary/aromatic N) is 1. The molecule has 84 valence electrons. The van der Waals surface area contributed by atoms with Crippen molar-refractivity contribution in [1.29, 1.82) is 5.26 Å². The van der Waals surface area contributed by atoms with Gasteiger partial charge < -0.3 is 4.74 Å². The van der Waals surface area contributed by atoms with Gasteiger partial charge >= 0.3 is 0 Å². The first-order valence-electron chi connectivity index (χ1n) is 5.16. The third-order valence-corrected chi connectivity index (χ3v) is 2.97. The molecule has 17 heavy (non-hydrogen) atoms. The quantitative estimate of drug-likeness (QED) is 0.858. The highest BCUT2D eigenvalue weighted by atomic mass is 79.9.